The van der Waals surface area contributed by atoms with Crippen molar-refractivity contribution in [3.05, 3.63) is 70.3 Å². The molecule has 0 amide bonds. The molecule has 0 saturated carbocycles. The van der Waals surface area contributed by atoms with E-state index >= 15 is 0 Å². The van der Waals surface area contributed by atoms with Gasteiger partial charge in [0.25, 0.3) is 0 Å². The van der Waals surface area contributed by atoms with Crippen LogP contribution in [0.4, 0.5) is 0 Å². The molecular formula is C19H19ClN6O. The van der Waals surface area contributed by atoms with Crippen molar-refractivity contribution in [3.63, 3.8) is 0 Å². The summed E-state index contributed by atoms with van der Waals surface area (Å²) in [7, 11) is 0. The van der Waals surface area contributed by atoms with Gasteiger partial charge in [0, 0.05) is 25.1 Å². The normalized spacial score (nSPS) is 11.3. The molecule has 2 aromatic heterocycles. The van der Waals surface area contributed by atoms with Crippen LogP contribution in [-0.4, -0.2) is 28.9 Å². The number of hydrogen-bond acceptors (Lipinski definition) is 4. The quantitative estimate of drug-likeness (QED) is 0.480. The molecule has 0 spiro atoms. The van der Waals surface area contributed by atoms with Crippen molar-refractivity contribution in [2.75, 3.05) is 0 Å². The van der Waals surface area contributed by atoms with Crippen LogP contribution >= 0.6 is 11.6 Å². The van der Waals surface area contributed by atoms with E-state index in [1.165, 1.54) is 0 Å². The van der Waals surface area contributed by atoms with Crippen molar-refractivity contribution in [1.82, 2.24) is 28.9 Å². The van der Waals surface area contributed by atoms with Gasteiger partial charge in [0.05, 0.1) is 24.1 Å². The number of aryl methyl sites for hydroxylation is 1. The third-order valence-electron chi connectivity index (χ3n) is 4.42. The van der Waals surface area contributed by atoms with E-state index in [4.69, 9.17) is 11.6 Å². The largest absolute Gasteiger partial charge is 0.354 e. The van der Waals surface area contributed by atoms with E-state index in [0.717, 1.165) is 36.3 Å². The molecule has 0 aliphatic carbocycles. The van der Waals surface area contributed by atoms with Crippen LogP contribution in [0.15, 0.2) is 53.8 Å². The Labute approximate surface area is 161 Å². The molecule has 4 heterocycles. The zero-order valence-corrected chi connectivity index (χ0v) is 15.7. The highest BCUT2D eigenvalue weighted by Gasteiger charge is 2.19. The lowest BCUT2D eigenvalue weighted by Gasteiger charge is -2.12. The average Bonchev–Trinajstić information content (AvgIpc) is 3.25. The molecule has 0 atom stereocenters. The highest BCUT2D eigenvalue weighted by Crippen LogP contribution is 2.22. The number of hydrogen-bond donors (Lipinski definition) is 0. The van der Waals surface area contributed by atoms with Gasteiger partial charge in [-0.3, -0.25) is 9.25 Å². The maximum atomic E-state index is 12.6. The van der Waals surface area contributed by atoms with E-state index in [9.17, 15) is 4.79 Å². The maximum absolute atomic E-state index is 12.6. The summed E-state index contributed by atoms with van der Waals surface area (Å²) in [5, 5.41) is 4.81. The monoisotopic (exact) mass is 382 g/mol. The Hall–Kier alpha value is -2.93. The zero-order valence-electron chi connectivity index (χ0n) is 14.9. The first kappa shape index (κ1) is 17.5. The Kier molecular flexibility index (Phi) is 4.77. The predicted molar refractivity (Wildman–Crippen MR) is 103 cm³/mol. The number of halogens is 1. The van der Waals surface area contributed by atoms with Crippen LogP contribution < -0.4 is 5.69 Å². The van der Waals surface area contributed by atoms with Gasteiger partial charge in [-0.2, -0.15) is 10.1 Å². The number of pyridine rings is 2. The van der Waals surface area contributed by atoms with Crippen molar-refractivity contribution in [1.29, 1.82) is 0 Å². The van der Waals surface area contributed by atoms with Crippen LogP contribution in [0.5, 0.6) is 0 Å². The predicted octanol–water partition coefficient (Wildman–Crippen LogP) is 3.23. The molecular weight excluding hydrogens is 364 g/mol. The molecule has 8 heteroatoms. The van der Waals surface area contributed by atoms with E-state index in [1.54, 1.807) is 23.0 Å². The minimum atomic E-state index is -0.311. The Morgan fingerprint density at radius 3 is 2.85 bits per heavy atom. The van der Waals surface area contributed by atoms with Gasteiger partial charge in [0.1, 0.15) is 5.15 Å². The fourth-order valence-electron chi connectivity index (χ4n) is 3.05. The average molecular weight is 383 g/mol. The molecule has 0 fully saturated rings. The van der Waals surface area contributed by atoms with Crippen LogP contribution in [0.1, 0.15) is 25.3 Å². The van der Waals surface area contributed by atoms with E-state index in [2.05, 4.69) is 22.0 Å². The summed E-state index contributed by atoms with van der Waals surface area (Å²) >= 11 is 5.85. The Morgan fingerprint density at radius 2 is 2.07 bits per heavy atom. The first-order chi connectivity index (χ1) is 13.2. The number of nitrogens with zero attached hydrogens (tertiary/aromatic N) is 6. The number of imidazole rings is 1. The molecule has 0 unspecified atom stereocenters. The summed E-state index contributed by atoms with van der Waals surface area (Å²) in [4.78, 5) is 21.0. The second-order valence-electron chi connectivity index (χ2n) is 6.38. The van der Waals surface area contributed by atoms with Crippen LogP contribution in [-0.2, 0) is 13.1 Å². The first-order valence-corrected chi connectivity index (χ1v) is 9.24. The topological polar surface area (TPSA) is 70.5 Å². The van der Waals surface area contributed by atoms with Crippen LogP contribution in [0.2, 0.25) is 5.15 Å². The standard InChI is InChI=1S/C19H19ClN6O/c1-2-3-9-25-13-15(11-22-25)26-16-5-4-8-24(18(16)23-19(26)27)12-14-6-7-17(20)21-10-14/h4-8,10-11,13H,2-3,9,12H2,1H3. The smallest absolute Gasteiger partial charge is 0.327 e. The Bertz CT molecular complexity index is 1080. The van der Waals surface area contributed by atoms with E-state index in [1.807, 2.05) is 39.8 Å². The van der Waals surface area contributed by atoms with Gasteiger partial charge >= 0.3 is 5.69 Å². The highest BCUT2D eigenvalue weighted by atomic mass is 35.5. The maximum Gasteiger partial charge on any atom is 0.354 e. The molecule has 0 radical (unpaired) electrons. The SMILES string of the molecule is CCCCn1cc(-n2c3cccn(Cc4ccc(Cl)nc4)c-3nc2=O)cn1. The molecule has 0 N–H and O–H groups in total. The Morgan fingerprint density at radius 1 is 1.19 bits per heavy atom. The molecule has 4 rings (SSSR count). The van der Waals surface area contributed by atoms with Crippen LogP contribution in [0.25, 0.3) is 17.2 Å². The second kappa shape index (κ2) is 7.36. The third-order valence-corrected chi connectivity index (χ3v) is 4.64. The van der Waals surface area contributed by atoms with E-state index in [-0.39, 0.29) is 5.69 Å². The fraction of sp³-hybridized carbons (Fsp3) is 0.263. The van der Waals surface area contributed by atoms with Crippen LogP contribution in [0.3, 0.4) is 0 Å². The second-order valence-corrected chi connectivity index (χ2v) is 6.77. The van der Waals surface area contributed by atoms with Gasteiger partial charge < -0.3 is 4.57 Å². The van der Waals surface area contributed by atoms with Gasteiger partial charge in [-0.1, -0.05) is 31.0 Å². The van der Waals surface area contributed by atoms with Gasteiger partial charge in [-0.15, -0.1) is 0 Å². The molecule has 2 aromatic rings. The van der Waals surface area contributed by atoms with Crippen molar-refractivity contribution in [2.24, 2.45) is 0 Å². The molecule has 0 bridgehead atoms. The van der Waals surface area contributed by atoms with Crippen molar-refractivity contribution in [2.45, 2.75) is 32.9 Å². The third kappa shape index (κ3) is 3.50. The summed E-state index contributed by atoms with van der Waals surface area (Å²) < 4.78 is 5.39. The van der Waals surface area contributed by atoms with Gasteiger partial charge in [-0.25, -0.2) is 9.78 Å². The first-order valence-electron chi connectivity index (χ1n) is 8.87. The molecule has 0 saturated heterocycles. The lowest BCUT2D eigenvalue weighted by atomic mass is 10.2. The number of rotatable bonds is 6. The lowest BCUT2D eigenvalue weighted by molar-refractivity contribution is 0.571. The fourth-order valence-corrected chi connectivity index (χ4v) is 3.17. The van der Waals surface area contributed by atoms with Crippen molar-refractivity contribution < 1.29 is 0 Å². The molecule has 27 heavy (non-hydrogen) atoms. The summed E-state index contributed by atoms with van der Waals surface area (Å²) in [6.07, 6.45) is 9.36. The van der Waals surface area contributed by atoms with Gasteiger partial charge in [0.15, 0.2) is 5.82 Å². The highest BCUT2D eigenvalue weighted by molar-refractivity contribution is 6.29. The minimum Gasteiger partial charge on any atom is -0.327 e. The van der Waals surface area contributed by atoms with Crippen LogP contribution in [0, 0.1) is 0 Å². The van der Waals surface area contributed by atoms with E-state index in [0.29, 0.717) is 17.5 Å². The molecule has 2 aliphatic rings. The van der Waals surface area contributed by atoms with Gasteiger partial charge in [0.2, 0.25) is 0 Å². The van der Waals surface area contributed by atoms with Crippen molar-refractivity contribution >= 4 is 11.6 Å². The number of fused-ring (bicyclic) bond motifs is 1. The van der Waals surface area contributed by atoms with Crippen molar-refractivity contribution in [3.8, 4) is 17.2 Å². The molecule has 0 aromatic carbocycles. The summed E-state index contributed by atoms with van der Waals surface area (Å²) in [6.45, 7) is 3.52. The molecule has 2 aliphatic heterocycles. The summed E-state index contributed by atoms with van der Waals surface area (Å²) in [5.74, 6) is 0.624. The summed E-state index contributed by atoms with van der Waals surface area (Å²) in [6, 6.07) is 7.46. The van der Waals surface area contributed by atoms with E-state index < -0.39 is 0 Å². The van der Waals surface area contributed by atoms with Gasteiger partial charge in [-0.05, 0) is 30.2 Å². The minimum absolute atomic E-state index is 0.311. The molecule has 7 nitrogen and oxygen atoms in total. The summed E-state index contributed by atoms with van der Waals surface area (Å²) in [5.41, 5.74) is 2.14. The Balaban J connectivity index is 1.68. The molecule has 138 valence electrons. The number of aromatic nitrogens is 6. The lowest BCUT2D eigenvalue weighted by Crippen LogP contribution is -2.13. The zero-order chi connectivity index (χ0) is 18.8. The number of unbranched alkanes of at least 4 members (excludes halogenated alkanes) is 1.